The van der Waals surface area contributed by atoms with E-state index < -0.39 is 30.3 Å². The lowest BCUT2D eigenvalue weighted by Crippen LogP contribution is -2.50. The average Bonchev–Trinajstić information content (AvgIpc) is 2.89. The maximum Gasteiger partial charge on any atom is 0.326 e. The molecule has 1 aliphatic heterocycles. The van der Waals surface area contributed by atoms with Crippen LogP contribution in [0.15, 0.2) is 22.7 Å². The van der Waals surface area contributed by atoms with Gasteiger partial charge in [-0.05, 0) is 53.4 Å². The lowest BCUT2D eigenvalue weighted by atomic mass is 9.98. The smallest absolute Gasteiger partial charge is 0.326 e. The van der Waals surface area contributed by atoms with E-state index in [-0.39, 0.29) is 40.5 Å². The van der Waals surface area contributed by atoms with Gasteiger partial charge in [0.25, 0.3) is 5.91 Å². The summed E-state index contributed by atoms with van der Waals surface area (Å²) in [5.74, 6) is -3.06. The first-order chi connectivity index (χ1) is 19.3. The van der Waals surface area contributed by atoms with Crippen LogP contribution in [-0.4, -0.2) is 79.3 Å². The fourth-order valence-corrected chi connectivity index (χ4v) is 5.71. The molecule has 1 aromatic heterocycles. The molecule has 41 heavy (non-hydrogen) atoms. The number of carboxylic acids is 2. The quantitative estimate of drug-likeness (QED) is 0.199. The second-order valence-corrected chi connectivity index (χ2v) is 12.2. The van der Waals surface area contributed by atoms with Crippen molar-refractivity contribution >= 4 is 94.7 Å². The molecule has 0 spiro atoms. The molecule has 0 bridgehead atoms. The fourth-order valence-electron chi connectivity index (χ4n) is 4.60. The van der Waals surface area contributed by atoms with E-state index in [2.05, 4.69) is 68.0 Å². The maximum atomic E-state index is 12.9. The van der Waals surface area contributed by atoms with Crippen molar-refractivity contribution < 1.29 is 29.4 Å². The first kappa shape index (κ1) is 32.5. The summed E-state index contributed by atoms with van der Waals surface area (Å²) in [5, 5.41) is 21.2. The lowest BCUT2D eigenvalue weighted by Gasteiger charge is -2.41. The molecule has 0 fully saturated rings. The molecule has 1 aromatic carbocycles. The van der Waals surface area contributed by atoms with Gasteiger partial charge >= 0.3 is 11.9 Å². The summed E-state index contributed by atoms with van der Waals surface area (Å²) in [6.07, 6.45) is 0.584. The number of benzene rings is 1. The molecule has 0 aliphatic carbocycles. The zero-order valence-corrected chi connectivity index (χ0v) is 26.8. The van der Waals surface area contributed by atoms with Gasteiger partial charge in [0.15, 0.2) is 5.82 Å². The Morgan fingerprint density at radius 1 is 1.22 bits per heavy atom. The van der Waals surface area contributed by atoms with Gasteiger partial charge in [0.1, 0.15) is 11.7 Å². The van der Waals surface area contributed by atoms with Gasteiger partial charge in [-0.25, -0.2) is 9.78 Å². The number of rotatable bonds is 12. The van der Waals surface area contributed by atoms with Gasteiger partial charge in [0.05, 0.1) is 11.4 Å². The van der Waals surface area contributed by atoms with Crippen molar-refractivity contribution in [2.24, 2.45) is 0 Å². The largest absolute Gasteiger partial charge is 0.481 e. The first-order valence-corrected chi connectivity index (χ1v) is 15.4. The van der Waals surface area contributed by atoms with Crippen molar-refractivity contribution in [3.8, 4) is 0 Å². The van der Waals surface area contributed by atoms with Crippen molar-refractivity contribution in [3.05, 3.63) is 33.9 Å². The number of aliphatic carboxylic acids is 2. The van der Waals surface area contributed by atoms with E-state index in [0.717, 1.165) is 5.69 Å². The standard InChI is InChI=1S/C25H30Br3N7O6/c1-12(36)34(11-15-3-4-17-21(22(29)33-25(30)32-17)35(15)10-14(27)9-26)19-6-2-13(8-16(19)28)23(39)31-18(24(40)41)5-7-20(37)38/h2,6,8,14-15,18H,3-5,7,9-11H2,1H3,(H,31,39)(H,37,38)(H,40,41)(H4,29,30,32,33). The summed E-state index contributed by atoms with van der Waals surface area (Å²) in [6.45, 7) is 2.29. The Kier molecular flexibility index (Phi) is 11.3. The highest BCUT2D eigenvalue weighted by Crippen LogP contribution is 2.36. The molecule has 3 rings (SSSR count). The summed E-state index contributed by atoms with van der Waals surface area (Å²) in [4.78, 5) is 60.3. The van der Waals surface area contributed by atoms with Crippen LogP contribution in [0.5, 0.6) is 0 Å². The highest BCUT2D eigenvalue weighted by molar-refractivity contribution is 9.12. The number of carbonyl (C=O) groups excluding carboxylic acids is 2. The molecule has 2 heterocycles. The number of alkyl halides is 2. The molecule has 222 valence electrons. The van der Waals surface area contributed by atoms with Crippen molar-refractivity contribution in [2.75, 3.05) is 39.7 Å². The molecule has 2 amide bonds. The van der Waals surface area contributed by atoms with E-state index in [9.17, 15) is 24.3 Å². The van der Waals surface area contributed by atoms with Crippen LogP contribution in [0.3, 0.4) is 0 Å². The molecule has 0 saturated carbocycles. The lowest BCUT2D eigenvalue weighted by molar-refractivity contribution is -0.140. The first-order valence-electron chi connectivity index (χ1n) is 12.5. The van der Waals surface area contributed by atoms with Gasteiger partial charge in [-0.3, -0.25) is 14.4 Å². The Bertz CT molecular complexity index is 1330. The molecule has 0 radical (unpaired) electrons. The molecular formula is C25H30Br3N7O6. The number of hydrogen-bond acceptors (Lipinski definition) is 9. The van der Waals surface area contributed by atoms with E-state index >= 15 is 0 Å². The number of nitrogens with zero attached hydrogens (tertiary/aromatic N) is 4. The highest BCUT2D eigenvalue weighted by atomic mass is 79.9. The Balaban J connectivity index is 1.87. The molecule has 1 aliphatic rings. The minimum atomic E-state index is -1.37. The third kappa shape index (κ3) is 8.29. The van der Waals surface area contributed by atoms with Crippen LogP contribution in [-0.2, 0) is 20.8 Å². The third-order valence-corrected chi connectivity index (χ3v) is 9.43. The van der Waals surface area contributed by atoms with Crippen molar-refractivity contribution in [3.63, 3.8) is 0 Å². The molecule has 3 unspecified atom stereocenters. The van der Waals surface area contributed by atoms with E-state index in [0.29, 0.717) is 47.1 Å². The number of nitrogen functional groups attached to an aromatic ring is 2. The van der Waals surface area contributed by atoms with E-state index in [1.807, 2.05) is 0 Å². The van der Waals surface area contributed by atoms with E-state index in [4.69, 9.17) is 16.6 Å². The number of fused-ring (bicyclic) bond motifs is 1. The molecule has 3 atom stereocenters. The monoisotopic (exact) mass is 761 g/mol. The molecule has 0 saturated heterocycles. The SMILES string of the molecule is CC(=O)N(CC1CCc2nc(N)nc(N)c2N1CC(Br)CBr)c1ccc(C(=O)NC(CCC(=O)O)C(=O)O)cc1Br. The highest BCUT2D eigenvalue weighted by Gasteiger charge is 2.34. The number of aryl methyl sites for hydroxylation is 1. The number of halogens is 3. The van der Waals surface area contributed by atoms with Crippen molar-refractivity contribution in [2.45, 2.75) is 49.5 Å². The number of nitrogens with two attached hydrogens (primary N) is 2. The fraction of sp³-hybridized carbons (Fsp3) is 0.440. The van der Waals surface area contributed by atoms with Gasteiger partial charge in [-0.2, -0.15) is 4.98 Å². The molecule has 16 heteroatoms. The Labute approximate surface area is 261 Å². The van der Waals surface area contributed by atoms with Gasteiger partial charge in [0.2, 0.25) is 11.9 Å². The van der Waals surface area contributed by atoms with Gasteiger partial charge < -0.3 is 36.8 Å². The van der Waals surface area contributed by atoms with Gasteiger partial charge in [-0.15, -0.1) is 0 Å². The second-order valence-electron chi connectivity index (χ2n) is 9.45. The normalized spacial score (nSPS) is 15.9. The minimum Gasteiger partial charge on any atom is -0.481 e. The maximum absolute atomic E-state index is 12.9. The number of carbonyl (C=O) groups is 4. The topological polar surface area (TPSA) is 205 Å². The Hall–Kier alpha value is -2.98. The number of anilines is 4. The average molecular weight is 764 g/mol. The predicted octanol–water partition coefficient (Wildman–Crippen LogP) is 2.78. The summed E-state index contributed by atoms with van der Waals surface area (Å²) < 4.78 is 0.440. The van der Waals surface area contributed by atoms with Crippen LogP contribution in [0.2, 0.25) is 0 Å². The molecule has 2 aromatic rings. The van der Waals surface area contributed by atoms with Crippen LogP contribution in [0.1, 0.15) is 42.2 Å². The van der Waals surface area contributed by atoms with Gasteiger partial charge in [0, 0.05) is 52.7 Å². The summed E-state index contributed by atoms with van der Waals surface area (Å²) in [5.41, 5.74) is 14.2. The van der Waals surface area contributed by atoms with Crippen LogP contribution in [0, 0.1) is 0 Å². The number of aromatic nitrogens is 2. The Morgan fingerprint density at radius 2 is 1.93 bits per heavy atom. The number of nitrogens with one attached hydrogen (secondary N) is 1. The van der Waals surface area contributed by atoms with Crippen LogP contribution >= 0.6 is 47.8 Å². The van der Waals surface area contributed by atoms with Crippen molar-refractivity contribution in [1.29, 1.82) is 0 Å². The minimum absolute atomic E-state index is 0.0633. The van der Waals surface area contributed by atoms with Crippen molar-refractivity contribution in [1.82, 2.24) is 15.3 Å². The zero-order chi connectivity index (χ0) is 30.4. The van der Waals surface area contributed by atoms with E-state index in [1.165, 1.54) is 19.1 Å². The molecule has 13 nitrogen and oxygen atoms in total. The van der Waals surface area contributed by atoms with Crippen LogP contribution in [0.4, 0.5) is 23.1 Å². The number of amides is 2. The second kappa shape index (κ2) is 14.3. The summed E-state index contributed by atoms with van der Waals surface area (Å²) in [7, 11) is 0. The Morgan fingerprint density at radius 3 is 2.51 bits per heavy atom. The van der Waals surface area contributed by atoms with Gasteiger partial charge in [-0.1, -0.05) is 31.9 Å². The third-order valence-electron chi connectivity index (χ3n) is 6.53. The molecule has 7 N–H and O–H groups in total. The summed E-state index contributed by atoms with van der Waals surface area (Å²) in [6, 6.07) is 3.04. The van der Waals surface area contributed by atoms with Crippen LogP contribution < -0.4 is 26.6 Å². The summed E-state index contributed by atoms with van der Waals surface area (Å²) >= 11 is 10.6. The van der Waals surface area contributed by atoms with Crippen LogP contribution in [0.25, 0.3) is 0 Å². The number of carboxylic acid groups (broad SMARTS) is 2. The molecular weight excluding hydrogens is 734 g/mol. The number of hydrogen-bond donors (Lipinski definition) is 5. The van der Waals surface area contributed by atoms with E-state index in [1.54, 1.807) is 11.0 Å². The predicted molar refractivity (Wildman–Crippen MR) is 165 cm³/mol. The zero-order valence-electron chi connectivity index (χ0n) is 22.0.